The molecular weight excluding hydrogens is 400 g/mol. The quantitative estimate of drug-likeness (QED) is 0.576. The fourth-order valence-corrected chi connectivity index (χ4v) is 3.18. The molecule has 0 aliphatic heterocycles. The van der Waals surface area contributed by atoms with Gasteiger partial charge in [-0.1, -0.05) is 12.1 Å². The number of hydrogen-bond donors (Lipinski definition) is 0. The number of rotatable bonds is 8. The highest BCUT2D eigenvalue weighted by atomic mass is 16.6. The van der Waals surface area contributed by atoms with Crippen molar-refractivity contribution in [1.29, 1.82) is 0 Å². The van der Waals surface area contributed by atoms with Crippen molar-refractivity contribution in [2.45, 2.75) is 46.4 Å². The minimum Gasteiger partial charge on any atom is -0.459 e. The lowest BCUT2D eigenvalue weighted by atomic mass is 10.2. The monoisotopic (exact) mass is 432 g/mol. The van der Waals surface area contributed by atoms with Gasteiger partial charge in [-0.25, -0.2) is 4.79 Å². The van der Waals surface area contributed by atoms with E-state index in [1.807, 2.05) is 19.0 Å². The smallest absolute Gasteiger partial charge is 0.331 e. The minimum absolute atomic E-state index is 0.193. The van der Waals surface area contributed by atoms with E-state index in [2.05, 4.69) is 0 Å². The topological polar surface area (TPSA) is 93.9 Å². The number of likely N-dealkylation sites (N-methyl/N-ethyl adjacent to an activating group) is 1. The molecule has 9 heteroatoms. The maximum atomic E-state index is 13.2. The Morgan fingerprint density at radius 3 is 2.26 bits per heavy atom. The largest absolute Gasteiger partial charge is 0.459 e. The predicted octanol–water partition coefficient (Wildman–Crippen LogP) is 0.915. The molecule has 1 heterocycles. The molecule has 0 bridgehead atoms. The molecule has 170 valence electrons. The Morgan fingerprint density at radius 2 is 1.68 bits per heavy atom. The van der Waals surface area contributed by atoms with Gasteiger partial charge in [-0.15, -0.1) is 0 Å². The van der Waals surface area contributed by atoms with E-state index in [-0.39, 0.29) is 25.2 Å². The number of para-hydroxylation sites is 1. The van der Waals surface area contributed by atoms with Gasteiger partial charge in [0.05, 0.1) is 10.9 Å². The van der Waals surface area contributed by atoms with Gasteiger partial charge in [0.25, 0.3) is 5.56 Å². The third kappa shape index (κ3) is 6.27. The van der Waals surface area contributed by atoms with Crippen LogP contribution in [0.4, 0.5) is 0 Å². The molecule has 1 aromatic heterocycles. The molecule has 2 rings (SSSR count). The third-order valence-corrected chi connectivity index (χ3v) is 4.65. The lowest BCUT2D eigenvalue weighted by molar-refractivity contribution is -0.159. The van der Waals surface area contributed by atoms with E-state index in [0.717, 1.165) is 4.57 Å². The molecule has 0 aliphatic rings. The summed E-state index contributed by atoms with van der Waals surface area (Å²) in [6.07, 6.45) is 0. The van der Waals surface area contributed by atoms with Gasteiger partial charge in [-0.2, -0.15) is 0 Å². The number of aromatic nitrogens is 2. The standard InChI is InChI=1S/C22H32N4O5/c1-7-25-20(29)16-10-8-9-11-17(16)26(21(25)30)14-18(27)24(13-12-23(5)6)15-19(28)31-22(2,3)4/h8-11H,7,12-15H2,1-6H3. The summed E-state index contributed by atoms with van der Waals surface area (Å²) in [6, 6.07) is 6.70. The molecule has 0 radical (unpaired) electrons. The number of benzene rings is 1. The van der Waals surface area contributed by atoms with E-state index in [1.54, 1.807) is 52.0 Å². The zero-order valence-electron chi connectivity index (χ0n) is 19.2. The first kappa shape index (κ1) is 24.3. The third-order valence-electron chi connectivity index (χ3n) is 4.65. The second-order valence-corrected chi connectivity index (χ2v) is 8.64. The molecule has 0 atom stereocenters. The molecule has 0 spiro atoms. The van der Waals surface area contributed by atoms with Crippen molar-refractivity contribution in [3.8, 4) is 0 Å². The van der Waals surface area contributed by atoms with E-state index in [0.29, 0.717) is 24.0 Å². The van der Waals surface area contributed by atoms with E-state index < -0.39 is 23.2 Å². The summed E-state index contributed by atoms with van der Waals surface area (Å²) in [5.74, 6) is -0.920. The molecule has 31 heavy (non-hydrogen) atoms. The number of esters is 1. The highest BCUT2D eigenvalue weighted by Gasteiger charge is 2.24. The summed E-state index contributed by atoms with van der Waals surface area (Å²) in [5, 5.41) is 0.365. The predicted molar refractivity (Wildman–Crippen MR) is 119 cm³/mol. The number of nitrogens with zero attached hydrogens (tertiary/aromatic N) is 4. The number of carbonyl (C=O) groups is 2. The van der Waals surface area contributed by atoms with Crippen molar-refractivity contribution in [3.63, 3.8) is 0 Å². The SMILES string of the molecule is CCn1c(=O)c2ccccc2n(CC(=O)N(CCN(C)C)CC(=O)OC(C)(C)C)c1=O. The maximum Gasteiger partial charge on any atom is 0.331 e. The molecule has 2 aromatic rings. The summed E-state index contributed by atoms with van der Waals surface area (Å²) in [7, 11) is 3.73. The van der Waals surface area contributed by atoms with E-state index >= 15 is 0 Å². The molecule has 0 N–H and O–H groups in total. The van der Waals surface area contributed by atoms with Gasteiger partial charge in [0.1, 0.15) is 18.7 Å². The van der Waals surface area contributed by atoms with Gasteiger partial charge in [-0.05, 0) is 53.9 Å². The Bertz CT molecular complexity index is 1060. The Labute approximate surface area is 181 Å². The highest BCUT2D eigenvalue weighted by Crippen LogP contribution is 2.10. The molecule has 0 saturated heterocycles. The molecule has 9 nitrogen and oxygen atoms in total. The van der Waals surface area contributed by atoms with Gasteiger partial charge >= 0.3 is 11.7 Å². The van der Waals surface area contributed by atoms with Crippen LogP contribution in [0.25, 0.3) is 10.9 Å². The summed E-state index contributed by atoms with van der Waals surface area (Å²) in [4.78, 5) is 54.3. The molecule has 0 fully saturated rings. The number of fused-ring (bicyclic) bond motifs is 1. The first-order valence-corrected chi connectivity index (χ1v) is 10.3. The Morgan fingerprint density at radius 1 is 1.03 bits per heavy atom. The first-order chi connectivity index (χ1) is 14.4. The fraction of sp³-hybridized carbons (Fsp3) is 0.545. The average molecular weight is 433 g/mol. The zero-order chi connectivity index (χ0) is 23.3. The molecule has 0 unspecified atom stereocenters. The molecule has 1 amide bonds. The van der Waals surface area contributed by atoms with Crippen molar-refractivity contribution in [1.82, 2.24) is 18.9 Å². The number of hydrogen-bond acceptors (Lipinski definition) is 6. The van der Waals surface area contributed by atoms with Crippen LogP contribution in [-0.4, -0.2) is 70.1 Å². The van der Waals surface area contributed by atoms with Crippen LogP contribution in [0, 0.1) is 0 Å². The van der Waals surface area contributed by atoms with Gasteiger partial charge in [0.15, 0.2) is 0 Å². The van der Waals surface area contributed by atoms with Crippen molar-refractivity contribution in [3.05, 3.63) is 45.1 Å². The second kappa shape index (κ2) is 9.91. The van der Waals surface area contributed by atoms with E-state index in [1.165, 1.54) is 9.47 Å². The number of amides is 1. The molecule has 0 aliphatic carbocycles. The van der Waals surface area contributed by atoms with Gasteiger partial charge in [0.2, 0.25) is 5.91 Å². The zero-order valence-corrected chi connectivity index (χ0v) is 19.2. The minimum atomic E-state index is -0.670. The Hall–Kier alpha value is -2.94. The Kier molecular flexibility index (Phi) is 7.78. The van der Waals surface area contributed by atoms with E-state index in [9.17, 15) is 19.2 Å². The van der Waals surface area contributed by atoms with Gasteiger partial charge in [-0.3, -0.25) is 23.5 Å². The fourth-order valence-electron chi connectivity index (χ4n) is 3.18. The van der Waals surface area contributed by atoms with Crippen LogP contribution >= 0.6 is 0 Å². The highest BCUT2D eigenvalue weighted by molar-refractivity contribution is 5.84. The van der Waals surface area contributed by atoms with Crippen LogP contribution in [0.3, 0.4) is 0 Å². The first-order valence-electron chi connectivity index (χ1n) is 10.3. The summed E-state index contributed by atoms with van der Waals surface area (Å²) >= 11 is 0. The van der Waals surface area contributed by atoms with Crippen molar-refractivity contribution < 1.29 is 14.3 Å². The molecular formula is C22H32N4O5. The molecule has 1 aromatic carbocycles. The Balaban J connectivity index is 2.40. The van der Waals surface area contributed by atoms with Crippen molar-refractivity contribution in [2.75, 3.05) is 33.7 Å². The normalized spacial score (nSPS) is 11.7. The lowest BCUT2D eigenvalue weighted by Gasteiger charge is -2.26. The van der Waals surface area contributed by atoms with Crippen molar-refractivity contribution >= 4 is 22.8 Å². The maximum absolute atomic E-state index is 13.2. The number of ether oxygens (including phenoxy) is 1. The summed E-state index contributed by atoms with van der Waals surface area (Å²) in [6.45, 7) is 7.52. The van der Waals surface area contributed by atoms with Crippen LogP contribution in [-0.2, 0) is 27.4 Å². The number of carbonyl (C=O) groups excluding carboxylic acids is 2. The summed E-state index contributed by atoms with van der Waals surface area (Å²) < 4.78 is 7.76. The van der Waals surface area contributed by atoms with Crippen LogP contribution in [0.1, 0.15) is 27.7 Å². The van der Waals surface area contributed by atoms with Gasteiger partial charge < -0.3 is 14.5 Å². The average Bonchev–Trinajstić information content (AvgIpc) is 2.67. The van der Waals surface area contributed by atoms with E-state index in [4.69, 9.17) is 4.74 Å². The van der Waals surface area contributed by atoms with Crippen LogP contribution in [0.15, 0.2) is 33.9 Å². The molecule has 0 saturated carbocycles. The van der Waals surface area contributed by atoms with Crippen molar-refractivity contribution in [2.24, 2.45) is 0 Å². The van der Waals surface area contributed by atoms with Crippen LogP contribution in [0.2, 0.25) is 0 Å². The summed E-state index contributed by atoms with van der Waals surface area (Å²) in [5.41, 5.74) is -1.22. The van der Waals surface area contributed by atoms with Crippen LogP contribution in [0.5, 0.6) is 0 Å². The lowest BCUT2D eigenvalue weighted by Crippen LogP contribution is -2.46. The second-order valence-electron chi connectivity index (χ2n) is 8.64. The van der Waals surface area contributed by atoms with Crippen LogP contribution < -0.4 is 11.2 Å². The van der Waals surface area contributed by atoms with Gasteiger partial charge in [0, 0.05) is 19.6 Å².